The SMILES string of the molecule is CCOC1C(C(=O)[O-])OCC(OS(=O)(=O)[O-])C1O. The Kier molecular flexibility index (Phi) is 5.01. The lowest BCUT2D eigenvalue weighted by molar-refractivity contribution is -0.328. The highest BCUT2D eigenvalue weighted by molar-refractivity contribution is 7.80. The van der Waals surface area contributed by atoms with Crippen LogP contribution in [0, 0.1) is 0 Å². The third-order valence-electron chi connectivity index (χ3n) is 2.29. The van der Waals surface area contributed by atoms with Gasteiger partial charge in [-0.2, -0.15) is 0 Å². The van der Waals surface area contributed by atoms with E-state index in [4.69, 9.17) is 9.47 Å². The molecule has 4 unspecified atom stereocenters. The summed E-state index contributed by atoms with van der Waals surface area (Å²) in [6, 6.07) is 0. The summed E-state index contributed by atoms with van der Waals surface area (Å²) in [5.74, 6) is -1.61. The van der Waals surface area contributed by atoms with Crippen molar-refractivity contribution in [3.8, 4) is 0 Å². The fourth-order valence-electron chi connectivity index (χ4n) is 1.60. The van der Waals surface area contributed by atoms with Crippen LogP contribution in [0.3, 0.4) is 0 Å². The first kappa shape index (κ1) is 15.3. The first-order valence-electron chi connectivity index (χ1n) is 5.02. The van der Waals surface area contributed by atoms with Gasteiger partial charge in [0.1, 0.15) is 24.4 Å². The molecule has 0 aromatic carbocycles. The quantitative estimate of drug-likeness (QED) is 0.406. The van der Waals surface area contributed by atoms with Crippen molar-refractivity contribution in [1.82, 2.24) is 0 Å². The molecular weight excluding hydrogens is 272 g/mol. The first-order chi connectivity index (χ1) is 8.26. The first-order valence-corrected chi connectivity index (χ1v) is 6.35. The molecule has 10 heteroatoms. The van der Waals surface area contributed by atoms with Crippen molar-refractivity contribution in [1.29, 1.82) is 0 Å². The third kappa shape index (κ3) is 3.86. The number of hydrogen-bond donors (Lipinski definition) is 1. The highest BCUT2D eigenvalue weighted by atomic mass is 32.3. The summed E-state index contributed by atoms with van der Waals surface area (Å²) in [4.78, 5) is 10.7. The molecule has 0 bridgehead atoms. The Morgan fingerprint density at radius 3 is 2.61 bits per heavy atom. The largest absolute Gasteiger partial charge is 0.726 e. The maximum absolute atomic E-state index is 10.7. The number of carboxylic acid groups (broad SMARTS) is 1. The van der Waals surface area contributed by atoms with Gasteiger partial charge in [-0.05, 0) is 6.92 Å². The lowest BCUT2D eigenvalue weighted by Gasteiger charge is -2.39. The Morgan fingerprint density at radius 1 is 1.56 bits per heavy atom. The summed E-state index contributed by atoms with van der Waals surface area (Å²) in [7, 11) is -5.04. The predicted molar refractivity (Wildman–Crippen MR) is 50.7 cm³/mol. The minimum atomic E-state index is -5.04. The van der Waals surface area contributed by atoms with E-state index in [1.54, 1.807) is 0 Å². The number of aliphatic hydroxyl groups is 1. The lowest BCUT2D eigenvalue weighted by Crippen LogP contribution is -2.60. The van der Waals surface area contributed by atoms with E-state index in [2.05, 4.69) is 4.18 Å². The molecule has 0 spiro atoms. The van der Waals surface area contributed by atoms with E-state index in [9.17, 15) is 28.0 Å². The van der Waals surface area contributed by atoms with Gasteiger partial charge in [-0.25, -0.2) is 8.42 Å². The van der Waals surface area contributed by atoms with Crippen LogP contribution in [0.25, 0.3) is 0 Å². The molecule has 1 fully saturated rings. The van der Waals surface area contributed by atoms with E-state index in [0.29, 0.717) is 0 Å². The molecule has 0 amide bonds. The Labute approximate surface area is 103 Å². The summed E-state index contributed by atoms with van der Waals surface area (Å²) in [6.45, 7) is 1.00. The molecule has 0 saturated carbocycles. The van der Waals surface area contributed by atoms with Crippen molar-refractivity contribution in [3.05, 3.63) is 0 Å². The van der Waals surface area contributed by atoms with Crippen LogP contribution >= 0.6 is 0 Å². The third-order valence-corrected chi connectivity index (χ3v) is 2.77. The number of hydrogen-bond acceptors (Lipinski definition) is 9. The number of ether oxygens (including phenoxy) is 2. The normalized spacial score (nSPS) is 33.3. The maximum atomic E-state index is 10.7. The molecule has 18 heavy (non-hydrogen) atoms. The Hall–Kier alpha value is -0.780. The number of carboxylic acids is 1. The van der Waals surface area contributed by atoms with Crippen molar-refractivity contribution in [3.63, 3.8) is 0 Å². The molecule has 0 aromatic rings. The van der Waals surface area contributed by atoms with Gasteiger partial charge < -0.3 is 29.0 Å². The smallest absolute Gasteiger partial charge is 0.218 e. The second-order valence-electron chi connectivity index (χ2n) is 3.53. The van der Waals surface area contributed by atoms with Gasteiger partial charge in [-0.1, -0.05) is 0 Å². The zero-order chi connectivity index (χ0) is 13.9. The Balaban J connectivity index is 2.82. The van der Waals surface area contributed by atoms with E-state index in [1.165, 1.54) is 6.92 Å². The number of aliphatic carboxylic acids is 1. The lowest BCUT2D eigenvalue weighted by atomic mass is 10.00. The maximum Gasteiger partial charge on any atom is 0.218 e. The Bertz CT molecular complexity index is 391. The zero-order valence-electron chi connectivity index (χ0n) is 9.35. The second-order valence-corrected chi connectivity index (χ2v) is 4.54. The summed E-state index contributed by atoms with van der Waals surface area (Å²) < 4.78 is 45.0. The standard InChI is InChI=1S/C8H14O9S/c1-2-15-6-5(9)4(17-18(12,13)14)3-16-7(6)8(10)11/h4-7,9H,2-3H2,1H3,(H,10,11)(H,12,13,14)/p-2. The predicted octanol–water partition coefficient (Wildman–Crippen LogP) is -3.25. The van der Waals surface area contributed by atoms with Crippen molar-refractivity contribution in [2.45, 2.75) is 31.3 Å². The van der Waals surface area contributed by atoms with Crippen LogP contribution in [0.1, 0.15) is 6.92 Å². The van der Waals surface area contributed by atoms with Crippen LogP contribution in [0.15, 0.2) is 0 Å². The number of aliphatic hydroxyl groups excluding tert-OH is 1. The van der Waals surface area contributed by atoms with Crippen LogP contribution in [-0.2, 0) is 28.9 Å². The van der Waals surface area contributed by atoms with Crippen molar-refractivity contribution in [2.75, 3.05) is 13.2 Å². The fraction of sp³-hybridized carbons (Fsp3) is 0.875. The summed E-state index contributed by atoms with van der Waals surface area (Å²) in [6.07, 6.45) is -6.08. The zero-order valence-corrected chi connectivity index (χ0v) is 10.2. The molecule has 106 valence electrons. The number of carbonyl (C=O) groups is 1. The molecule has 1 heterocycles. The number of rotatable bonds is 5. The molecule has 0 radical (unpaired) electrons. The van der Waals surface area contributed by atoms with Gasteiger partial charge in [0.05, 0.1) is 12.6 Å². The molecule has 4 atom stereocenters. The molecule has 9 nitrogen and oxygen atoms in total. The van der Waals surface area contributed by atoms with Gasteiger partial charge in [-0.15, -0.1) is 0 Å². The summed E-state index contributed by atoms with van der Waals surface area (Å²) in [5, 5.41) is 20.4. The topological polar surface area (TPSA) is 145 Å². The van der Waals surface area contributed by atoms with Gasteiger partial charge >= 0.3 is 0 Å². The van der Waals surface area contributed by atoms with Crippen molar-refractivity contribution >= 4 is 16.4 Å². The van der Waals surface area contributed by atoms with E-state index in [1.807, 2.05) is 0 Å². The average molecular weight is 284 g/mol. The van der Waals surface area contributed by atoms with Gasteiger partial charge in [0, 0.05) is 6.61 Å². The highest BCUT2D eigenvalue weighted by Gasteiger charge is 2.42. The van der Waals surface area contributed by atoms with Gasteiger partial charge in [0.2, 0.25) is 10.4 Å². The second kappa shape index (κ2) is 5.91. The van der Waals surface area contributed by atoms with Crippen LogP contribution in [0.2, 0.25) is 0 Å². The average Bonchev–Trinajstić information content (AvgIpc) is 2.22. The molecule has 1 rings (SSSR count). The highest BCUT2D eigenvalue weighted by Crippen LogP contribution is 2.21. The van der Waals surface area contributed by atoms with Crippen LogP contribution < -0.4 is 5.11 Å². The van der Waals surface area contributed by atoms with Crippen molar-refractivity contribution < 1.29 is 41.6 Å². The fourth-order valence-corrected chi connectivity index (χ4v) is 2.07. The molecule has 0 aromatic heterocycles. The summed E-state index contributed by atoms with van der Waals surface area (Å²) in [5.41, 5.74) is 0. The van der Waals surface area contributed by atoms with Gasteiger partial charge in [0.15, 0.2) is 0 Å². The monoisotopic (exact) mass is 284 g/mol. The van der Waals surface area contributed by atoms with Gasteiger partial charge in [0.25, 0.3) is 0 Å². The van der Waals surface area contributed by atoms with Gasteiger partial charge in [-0.3, -0.25) is 4.18 Å². The molecule has 1 aliphatic rings. The van der Waals surface area contributed by atoms with E-state index in [-0.39, 0.29) is 6.61 Å². The molecule has 1 N–H and O–H groups in total. The van der Waals surface area contributed by atoms with Crippen LogP contribution in [0.4, 0.5) is 0 Å². The minimum absolute atomic E-state index is 0.0473. The summed E-state index contributed by atoms with van der Waals surface area (Å²) >= 11 is 0. The molecule has 1 aliphatic heterocycles. The molecule has 1 saturated heterocycles. The van der Waals surface area contributed by atoms with E-state index < -0.39 is 47.4 Å². The van der Waals surface area contributed by atoms with Crippen LogP contribution in [-0.4, -0.2) is 61.7 Å². The van der Waals surface area contributed by atoms with Crippen LogP contribution in [0.5, 0.6) is 0 Å². The van der Waals surface area contributed by atoms with E-state index >= 15 is 0 Å². The Morgan fingerprint density at radius 2 is 2.17 bits per heavy atom. The minimum Gasteiger partial charge on any atom is -0.726 e. The molecule has 0 aliphatic carbocycles. The number of carbonyl (C=O) groups excluding carboxylic acids is 1. The van der Waals surface area contributed by atoms with E-state index in [0.717, 1.165) is 0 Å². The molecular formula is C8H12O9S-2. The van der Waals surface area contributed by atoms with Crippen molar-refractivity contribution in [2.24, 2.45) is 0 Å².